The Balaban J connectivity index is 2.12. The van der Waals surface area contributed by atoms with Crippen molar-refractivity contribution >= 4 is 0 Å². The summed E-state index contributed by atoms with van der Waals surface area (Å²) in [6, 6.07) is 3.01. The van der Waals surface area contributed by atoms with Crippen molar-refractivity contribution in [1.82, 2.24) is 10.2 Å². The molecule has 0 aromatic heterocycles. The zero-order valence-electron chi connectivity index (χ0n) is 12.0. The van der Waals surface area contributed by atoms with E-state index in [1.54, 1.807) is 0 Å². The number of rotatable bonds is 10. The zero-order valence-corrected chi connectivity index (χ0v) is 12.0. The molecule has 1 aliphatic rings. The van der Waals surface area contributed by atoms with Crippen molar-refractivity contribution in [3.05, 3.63) is 0 Å². The topological polar surface area (TPSA) is 48.3 Å². The van der Waals surface area contributed by atoms with Crippen LogP contribution in [0.2, 0.25) is 0 Å². The van der Waals surface area contributed by atoms with Gasteiger partial charge in [0, 0.05) is 19.2 Å². The standard InChI is InChI=1S/C14H27N3O/c1-4-18-11-10-17(3)9-5-8-14(2,12-15)16-13-6-7-13/h13,16H,4-11H2,1-3H3. The van der Waals surface area contributed by atoms with E-state index in [2.05, 4.69) is 23.3 Å². The van der Waals surface area contributed by atoms with Gasteiger partial charge in [-0.2, -0.15) is 5.26 Å². The first-order valence-corrected chi connectivity index (χ1v) is 7.05. The minimum absolute atomic E-state index is 0.345. The Morgan fingerprint density at radius 2 is 2.17 bits per heavy atom. The molecule has 0 radical (unpaired) electrons. The normalized spacial score (nSPS) is 18.6. The van der Waals surface area contributed by atoms with Crippen LogP contribution < -0.4 is 5.32 Å². The Labute approximate surface area is 111 Å². The summed E-state index contributed by atoms with van der Waals surface area (Å²) in [5.41, 5.74) is -0.345. The number of hydrogen-bond donors (Lipinski definition) is 1. The van der Waals surface area contributed by atoms with Gasteiger partial charge in [-0.05, 0) is 53.1 Å². The van der Waals surface area contributed by atoms with Gasteiger partial charge < -0.3 is 9.64 Å². The maximum absolute atomic E-state index is 9.25. The molecule has 0 aromatic rings. The molecule has 0 aromatic carbocycles. The molecule has 0 amide bonds. The summed E-state index contributed by atoms with van der Waals surface area (Å²) in [6.45, 7) is 7.60. The summed E-state index contributed by atoms with van der Waals surface area (Å²) in [7, 11) is 2.11. The lowest BCUT2D eigenvalue weighted by atomic mass is 9.97. The monoisotopic (exact) mass is 253 g/mol. The maximum Gasteiger partial charge on any atom is 0.104 e. The first-order chi connectivity index (χ1) is 8.59. The molecule has 0 saturated heterocycles. The van der Waals surface area contributed by atoms with Crippen LogP contribution in [-0.4, -0.2) is 49.8 Å². The third kappa shape index (κ3) is 6.34. The number of hydrogen-bond acceptors (Lipinski definition) is 4. The molecule has 18 heavy (non-hydrogen) atoms. The van der Waals surface area contributed by atoms with Gasteiger partial charge in [0.2, 0.25) is 0 Å². The molecule has 1 rings (SSSR count). The predicted molar refractivity (Wildman–Crippen MR) is 73.4 cm³/mol. The minimum atomic E-state index is -0.345. The number of nitrogens with zero attached hydrogens (tertiary/aromatic N) is 2. The largest absolute Gasteiger partial charge is 0.380 e. The summed E-state index contributed by atoms with van der Waals surface area (Å²) in [4.78, 5) is 2.27. The number of likely N-dealkylation sites (N-methyl/N-ethyl adjacent to an activating group) is 1. The Kier molecular flexibility index (Phi) is 6.62. The van der Waals surface area contributed by atoms with E-state index in [1.165, 1.54) is 12.8 Å². The van der Waals surface area contributed by atoms with Crippen molar-refractivity contribution in [2.45, 2.75) is 51.1 Å². The molecule has 1 unspecified atom stereocenters. The van der Waals surface area contributed by atoms with Gasteiger partial charge in [-0.15, -0.1) is 0 Å². The molecular formula is C14H27N3O. The zero-order chi connectivity index (χ0) is 13.4. The van der Waals surface area contributed by atoms with Gasteiger partial charge in [-0.1, -0.05) is 0 Å². The molecule has 0 spiro atoms. The maximum atomic E-state index is 9.25. The average molecular weight is 253 g/mol. The highest BCUT2D eigenvalue weighted by Gasteiger charge is 2.31. The van der Waals surface area contributed by atoms with E-state index >= 15 is 0 Å². The Morgan fingerprint density at radius 3 is 2.72 bits per heavy atom. The fourth-order valence-electron chi connectivity index (χ4n) is 2.02. The molecule has 4 nitrogen and oxygen atoms in total. The lowest BCUT2D eigenvalue weighted by Gasteiger charge is -2.24. The SMILES string of the molecule is CCOCCN(C)CCCC(C)(C#N)NC1CC1. The van der Waals surface area contributed by atoms with Crippen LogP contribution in [0.1, 0.15) is 39.5 Å². The quantitative estimate of drug-likeness (QED) is 0.603. The van der Waals surface area contributed by atoms with E-state index in [0.29, 0.717) is 6.04 Å². The molecule has 1 aliphatic carbocycles. The summed E-state index contributed by atoms with van der Waals surface area (Å²) < 4.78 is 5.33. The van der Waals surface area contributed by atoms with Gasteiger partial charge in [0.25, 0.3) is 0 Å². The van der Waals surface area contributed by atoms with E-state index in [4.69, 9.17) is 4.74 Å². The molecule has 0 bridgehead atoms. The second kappa shape index (κ2) is 7.73. The van der Waals surface area contributed by atoms with E-state index < -0.39 is 0 Å². The van der Waals surface area contributed by atoms with E-state index in [-0.39, 0.29) is 5.54 Å². The smallest absolute Gasteiger partial charge is 0.104 e. The van der Waals surface area contributed by atoms with Crippen molar-refractivity contribution in [2.24, 2.45) is 0 Å². The van der Waals surface area contributed by atoms with Crippen molar-refractivity contribution in [3.63, 3.8) is 0 Å². The van der Waals surface area contributed by atoms with Crippen LogP contribution in [-0.2, 0) is 4.74 Å². The number of nitriles is 1. The summed E-state index contributed by atoms with van der Waals surface area (Å²) in [5.74, 6) is 0. The Bertz CT molecular complexity index is 273. The highest BCUT2D eigenvalue weighted by atomic mass is 16.5. The molecule has 104 valence electrons. The fourth-order valence-corrected chi connectivity index (χ4v) is 2.02. The van der Waals surface area contributed by atoms with Crippen molar-refractivity contribution in [3.8, 4) is 6.07 Å². The summed E-state index contributed by atoms with van der Waals surface area (Å²) >= 11 is 0. The molecule has 0 aliphatic heterocycles. The second-order valence-electron chi connectivity index (χ2n) is 5.47. The molecule has 1 N–H and O–H groups in total. The van der Waals surface area contributed by atoms with E-state index in [1.807, 2.05) is 13.8 Å². The van der Waals surface area contributed by atoms with Gasteiger partial charge in [-0.25, -0.2) is 0 Å². The Morgan fingerprint density at radius 1 is 1.44 bits per heavy atom. The number of nitrogens with one attached hydrogen (secondary N) is 1. The van der Waals surface area contributed by atoms with Gasteiger partial charge in [0.05, 0.1) is 12.7 Å². The summed E-state index contributed by atoms with van der Waals surface area (Å²) in [6.07, 6.45) is 4.42. The van der Waals surface area contributed by atoms with Crippen LogP contribution in [0, 0.1) is 11.3 Å². The highest BCUT2D eigenvalue weighted by molar-refractivity contribution is 5.06. The second-order valence-corrected chi connectivity index (χ2v) is 5.47. The predicted octanol–water partition coefficient (Wildman–Crippen LogP) is 1.77. The van der Waals surface area contributed by atoms with Crippen LogP contribution in [0.25, 0.3) is 0 Å². The van der Waals surface area contributed by atoms with Crippen LogP contribution in [0.3, 0.4) is 0 Å². The van der Waals surface area contributed by atoms with Gasteiger partial charge in [0.1, 0.15) is 5.54 Å². The summed E-state index contributed by atoms with van der Waals surface area (Å²) in [5, 5.41) is 12.7. The molecule has 4 heteroatoms. The lowest BCUT2D eigenvalue weighted by molar-refractivity contribution is 0.121. The van der Waals surface area contributed by atoms with E-state index in [0.717, 1.165) is 39.1 Å². The van der Waals surface area contributed by atoms with Crippen molar-refractivity contribution < 1.29 is 4.74 Å². The molecule has 1 saturated carbocycles. The molecular weight excluding hydrogens is 226 g/mol. The van der Waals surface area contributed by atoms with Crippen LogP contribution in [0.5, 0.6) is 0 Å². The first kappa shape index (κ1) is 15.4. The first-order valence-electron chi connectivity index (χ1n) is 7.05. The molecule has 1 atom stereocenters. The van der Waals surface area contributed by atoms with E-state index in [9.17, 15) is 5.26 Å². The fraction of sp³-hybridized carbons (Fsp3) is 0.929. The minimum Gasteiger partial charge on any atom is -0.380 e. The average Bonchev–Trinajstić information content (AvgIpc) is 3.13. The number of ether oxygens (including phenoxy) is 1. The lowest BCUT2D eigenvalue weighted by Crippen LogP contribution is -2.42. The van der Waals surface area contributed by atoms with Crippen LogP contribution >= 0.6 is 0 Å². The van der Waals surface area contributed by atoms with Gasteiger partial charge in [-0.3, -0.25) is 5.32 Å². The van der Waals surface area contributed by atoms with Crippen LogP contribution in [0.4, 0.5) is 0 Å². The van der Waals surface area contributed by atoms with Crippen molar-refractivity contribution in [2.75, 3.05) is 33.4 Å². The Hall–Kier alpha value is -0.630. The van der Waals surface area contributed by atoms with Gasteiger partial charge in [0.15, 0.2) is 0 Å². The van der Waals surface area contributed by atoms with Crippen LogP contribution in [0.15, 0.2) is 0 Å². The third-order valence-electron chi connectivity index (χ3n) is 3.38. The molecule has 1 fully saturated rings. The third-order valence-corrected chi connectivity index (χ3v) is 3.38. The highest BCUT2D eigenvalue weighted by Crippen LogP contribution is 2.24. The van der Waals surface area contributed by atoms with Crippen molar-refractivity contribution in [1.29, 1.82) is 5.26 Å². The van der Waals surface area contributed by atoms with Gasteiger partial charge >= 0.3 is 0 Å². The molecule has 0 heterocycles.